The highest BCUT2D eigenvalue weighted by atomic mass is 19.1. The van der Waals surface area contributed by atoms with Crippen molar-refractivity contribution < 1.29 is 33.0 Å². The lowest BCUT2D eigenvalue weighted by Gasteiger charge is -2.15. The third-order valence-corrected chi connectivity index (χ3v) is 6.31. The molecule has 2 N–H and O–H groups in total. The van der Waals surface area contributed by atoms with E-state index in [1.165, 1.54) is 38.2 Å². The molecule has 2 heterocycles. The summed E-state index contributed by atoms with van der Waals surface area (Å²) < 4.78 is 30.6. The minimum atomic E-state index is -0.597. The zero-order chi connectivity index (χ0) is 29.5. The van der Waals surface area contributed by atoms with Gasteiger partial charge in [-0.1, -0.05) is 24.3 Å². The highest BCUT2D eigenvalue weighted by Crippen LogP contribution is 2.29. The fourth-order valence-corrected chi connectivity index (χ4v) is 4.18. The van der Waals surface area contributed by atoms with Crippen molar-refractivity contribution in [1.82, 2.24) is 20.6 Å². The molecule has 12 heteroatoms. The normalized spacial score (nSPS) is 14.6. The third-order valence-electron chi connectivity index (χ3n) is 6.31. The molecule has 1 atom stereocenters. The van der Waals surface area contributed by atoms with E-state index in [4.69, 9.17) is 14.2 Å². The summed E-state index contributed by atoms with van der Waals surface area (Å²) in [5, 5.41) is 5.41. The first-order valence-electron chi connectivity index (χ1n) is 12.7. The molecule has 0 radical (unpaired) electrons. The number of carbonyl (C=O) groups excluding carboxylic acids is 3. The van der Waals surface area contributed by atoms with Crippen LogP contribution in [0.2, 0.25) is 0 Å². The van der Waals surface area contributed by atoms with Crippen LogP contribution >= 0.6 is 0 Å². The summed E-state index contributed by atoms with van der Waals surface area (Å²) in [6.07, 6.45) is 1.83. The molecule has 1 saturated heterocycles. The van der Waals surface area contributed by atoms with Crippen LogP contribution in [0.1, 0.15) is 23.7 Å². The molecule has 1 fully saturated rings. The van der Waals surface area contributed by atoms with E-state index < -0.39 is 18.0 Å². The van der Waals surface area contributed by atoms with Crippen LogP contribution in [0.4, 0.5) is 14.9 Å². The second-order valence-corrected chi connectivity index (χ2v) is 9.18. The van der Waals surface area contributed by atoms with Gasteiger partial charge in [0.15, 0.2) is 0 Å². The molecular formula is C29H30FN5O6. The predicted molar refractivity (Wildman–Crippen MR) is 149 cm³/mol. The van der Waals surface area contributed by atoms with E-state index in [0.717, 1.165) is 5.56 Å². The average molecular weight is 564 g/mol. The van der Waals surface area contributed by atoms with Crippen LogP contribution in [0, 0.1) is 12.7 Å². The number of nitrogens with zero attached hydrogens (tertiary/aromatic N) is 3. The molecule has 41 heavy (non-hydrogen) atoms. The number of anilines is 1. The van der Waals surface area contributed by atoms with E-state index in [9.17, 15) is 14.4 Å². The molecule has 4 rings (SSSR count). The molecule has 3 aromatic rings. The van der Waals surface area contributed by atoms with Crippen molar-refractivity contribution >= 4 is 29.7 Å². The number of halogens is 1. The van der Waals surface area contributed by atoms with Gasteiger partial charge in [0.25, 0.3) is 0 Å². The van der Waals surface area contributed by atoms with Crippen LogP contribution < -0.4 is 25.0 Å². The minimum Gasteiger partial charge on any atom is -0.480 e. The standard InChI is InChI=1S/C29H30FN5O6/c1-17-23(27(39-3)34-28(33-17)40-4)11-12-26(37)32-14-19-5-7-20(8-6-19)24-10-9-21(13-25(24)30)35-16-22(41-29(35)38)15-31-18(2)36/h5-13,22H,14-16H2,1-4H3,(H,31,36)(H,32,37)/b12-11+. The van der Waals surface area contributed by atoms with Crippen molar-refractivity contribution in [2.75, 3.05) is 32.2 Å². The summed E-state index contributed by atoms with van der Waals surface area (Å²) >= 11 is 0. The van der Waals surface area contributed by atoms with Gasteiger partial charge in [-0.05, 0) is 42.3 Å². The summed E-state index contributed by atoms with van der Waals surface area (Å²) in [7, 11) is 2.93. The average Bonchev–Trinajstić information content (AvgIpc) is 3.34. The van der Waals surface area contributed by atoms with E-state index in [1.54, 1.807) is 49.4 Å². The van der Waals surface area contributed by atoms with E-state index in [1.807, 2.05) is 0 Å². The Hall–Kier alpha value is -5.00. The van der Waals surface area contributed by atoms with Crippen LogP contribution in [0.25, 0.3) is 17.2 Å². The molecule has 1 aromatic heterocycles. The zero-order valence-electron chi connectivity index (χ0n) is 23.1. The number of amides is 3. The molecule has 11 nitrogen and oxygen atoms in total. The van der Waals surface area contributed by atoms with Gasteiger partial charge >= 0.3 is 12.1 Å². The second-order valence-electron chi connectivity index (χ2n) is 9.18. The quantitative estimate of drug-likeness (QED) is 0.359. The largest absolute Gasteiger partial charge is 0.480 e. The van der Waals surface area contributed by atoms with Gasteiger partial charge in [-0.15, -0.1) is 0 Å². The van der Waals surface area contributed by atoms with Crippen LogP contribution in [-0.4, -0.2) is 61.3 Å². The lowest BCUT2D eigenvalue weighted by atomic mass is 10.0. The molecule has 1 aliphatic rings. The number of hydrogen-bond donors (Lipinski definition) is 2. The summed E-state index contributed by atoms with van der Waals surface area (Å²) in [5.74, 6) is -0.759. The lowest BCUT2D eigenvalue weighted by Crippen LogP contribution is -2.33. The molecule has 1 unspecified atom stereocenters. The number of nitrogens with one attached hydrogen (secondary N) is 2. The number of carbonyl (C=O) groups is 3. The Labute approximate surface area is 236 Å². The van der Waals surface area contributed by atoms with Gasteiger partial charge in [0.05, 0.1) is 44.3 Å². The first-order chi connectivity index (χ1) is 19.7. The second kappa shape index (κ2) is 12.9. The van der Waals surface area contributed by atoms with Gasteiger partial charge in [0.2, 0.25) is 17.7 Å². The first kappa shape index (κ1) is 29.0. The van der Waals surface area contributed by atoms with Gasteiger partial charge in [0, 0.05) is 25.1 Å². The van der Waals surface area contributed by atoms with Crippen molar-refractivity contribution in [2.45, 2.75) is 26.5 Å². The van der Waals surface area contributed by atoms with Gasteiger partial charge in [-0.25, -0.2) is 9.18 Å². The fraction of sp³-hybridized carbons (Fsp3) is 0.276. The van der Waals surface area contributed by atoms with Crippen LogP contribution in [0.5, 0.6) is 11.9 Å². The molecule has 0 aliphatic carbocycles. The summed E-state index contributed by atoms with van der Waals surface area (Å²) in [6.45, 7) is 3.79. The minimum absolute atomic E-state index is 0.171. The monoisotopic (exact) mass is 563 g/mol. The topological polar surface area (TPSA) is 132 Å². The van der Waals surface area contributed by atoms with Crippen LogP contribution in [0.15, 0.2) is 48.5 Å². The van der Waals surface area contributed by atoms with E-state index in [2.05, 4.69) is 20.6 Å². The number of hydrogen-bond acceptors (Lipinski definition) is 8. The van der Waals surface area contributed by atoms with Crippen molar-refractivity contribution in [3.05, 3.63) is 71.2 Å². The molecule has 2 aromatic carbocycles. The number of aromatic nitrogens is 2. The Bertz CT molecular complexity index is 1480. The Balaban J connectivity index is 1.36. The van der Waals surface area contributed by atoms with Gasteiger partial charge in [-0.3, -0.25) is 14.5 Å². The highest BCUT2D eigenvalue weighted by molar-refractivity contribution is 5.92. The molecule has 0 saturated carbocycles. The molecule has 0 spiro atoms. The van der Waals surface area contributed by atoms with Gasteiger partial charge in [-0.2, -0.15) is 9.97 Å². The van der Waals surface area contributed by atoms with Crippen molar-refractivity contribution in [3.63, 3.8) is 0 Å². The number of methoxy groups -OCH3 is 2. The zero-order valence-corrected chi connectivity index (χ0v) is 23.1. The van der Waals surface area contributed by atoms with Crippen molar-refractivity contribution in [1.29, 1.82) is 0 Å². The van der Waals surface area contributed by atoms with Gasteiger partial charge < -0.3 is 24.8 Å². The maximum absolute atomic E-state index is 15.0. The maximum atomic E-state index is 15.0. The molecular weight excluding hydrogens is 533 g/mol. The molecule has 3 amide bonds. The van der Waals surface area contributed by atoms with Crippen molar-refractivity contribution in [2.24, 2.45) is 0 Å². The molecule has 1 aliphatic heterocycles. The smallest absolute Gasteiger partial charge is 0.414 e. The Kier molecular flexibility index (Phi) is 9.12. The number of aryl methyl sites for hydroxylation is 1. The molecule has 0 bridgehead atoms. The SMILES string of the molecule is COc1nc(C)c(/C=C/C(=O)NCc2ccc(-c3ccc(N4CC(CNC(C)=O)OC4=O)cc3F)cc2)c(OC)n1. The Morgan fingerprint density at radius 1 is 1.12 bits per heavy atom. The highest BCUT2D eigenvalue weighted by Gasteiger charge is 2.32. The predicted octanol–water partition coefficient (Wildman–Crippen LogP) is 3.40. The van der Waals surface area contributed by atoms with E-state index in [-0.39, 0.29) is 37.5 Å². The Morgan fingerprint density at radius 3 is 2.54 bits per heavy atom. The summed E-state index contributed by atoms with van der Waals surface area (Å²) in [5.41, 5.74) is 3.34. The van der Waals surface area contributed by atoms with Crippen molar-refractivity contribution in [3.8, 4) is 23.0 Å². The van der Waals surface area contributed by atoms with E-state index in [0.29, 0.717) is 34.0 Å². The number of benzene rings is 2. The van der Waals surface area contributed by atoms with E-state index >= 15 is 4.39 Å². The third kappa shape index (κ3) is 7.15. The fourth-order valence-electron chi connectivity index (χ4n) is 4.18. The maximum Gasteiger partial charge on any atom is 0.414 e. The van der Waals surface area contributed by atoms with Crippen LogP contribution in [-0.2, 0) is 20.9 Å². The van der Waals surface area contributed by atoms with Gasteiger partial charge in [0.1, 0.15) is 11.9 Å². The Morgan fingerprint density at radius 2 is 1.88 bits per heavy atom. The number of rotatable bonds is 10. The molecule has 214 valence electrons. The number of cyclic esters (lactones) is 1. The number of ether oxygens (including phenoxy) is 3. The van der Waals surface area contributed by atoms with Crippen LogP contribution in [0.3, 0.4) is 0 Å². The summed E-state index contributed by atoms with van der Waals surface area (Å²) in [4.78, 5) is 45.4. The lowest BCUT2D eigenvalue weighted by molar-refractivity contribution is -0.119. The first-order valence-corrected chi connectivity index (χ1v) is 12.7. The summed E-state index contributed by atoms with van der Waals surface area (Å²) in [6, 6.07) is 11.8.